The Morgan fingerprint density at radius 1 is 1.30 bits per heavy atom. The zero-order valence-electron chi connectivity index (χ0n) is 18.8. The number of halogens is 2. The number of nitrogens with zero attached hydrogens (tertiary/aromatic N) is 4. The van der Waals surface area contributed by atoms with Crippen molar-refractivity contribution in [3.05, 3.63) is 58.3 Å². The van der Waals surface area contributed by atoms with Crippen molar-refractivity contribution in [2.45, 2.75) is 16.3 Å². The van der Waals surface area contributed by atoms with E-state index in [-0.39, 0.29) is 27.7 Å². The highest BCUT2D eigenvalue weighted by molar-refractivity contribution is 8.00. The number of rotatable bonds is 9. The van der Waals surface area contributed by atoms with Crippen LogP contribution in [0, 0.1) is 0 Å². The number of carboxylic acids is 1. The first-order valence-electron chi connectivity index (χ1n) is 10.5. The van der Waals surface area contributed by atoms with Gasteiger partial charge in [-0.25, -0.2) is 9.78 Å². The van der Waals surface area contributed by atoms with E-state index in [0.717, 1.165) is 0 Å². The van der Waals surface area contributed by atoms with Crippen molar-refractivity contribution in [3.8, 4) is 0 Å². The summed E-state index contributed by atoms with van der Waals surface area (Å²) in [6.45, 7) is 0. The van der Waals surface area contributed by atoms with E-state index < -0.39 is 23.3 Å². The van der Waals surface area contributed by atoms with Crippen molar-refractivity contribution < 1.29 is 23.5 Å². The Morgan fingerprint density at radius 2 is 2.03 bits per heavy atom. The van der Waals surface area contributed by atoms with Crippen LogP contribution in [0.1, 0.15) is 0 Å². The maximum atomic E-state index is 12.8. The number of thioether (sulfide) groups is 2. The van der Waals surface area contributed by atoms with Gasteiger partial charge in [0, 0.05) is 28.3 Å². The van der Waals surface area contributed by atoms with Gasteiger partial charge in [0.1, 0.15) is 27.4 Å². The van der Waals surface area contributed by atoms with Gasteiger partial charge in [0.15, 0.2) is 0 Å². The van der Waals surface area contributed by atoms with Crippen molar-refractivity contribution in [2.24, 2.45) is 0 Å². The molecule has 2 aromatic heterocycles. The van der Waals surface area contributed by atoms with Gasteiger partial charge in [-0.05, 0) is 17.7 Å². The molecule has 1 fully saturated rings. The standard InChI is InChI=1S/C21H19Cl2N7O4S3/c22-12-4-11(5-13(23)27-12)35-8-16(31)28-17-19(32)30-18(21(33)34)10(7-36-20(17)30)2-1-3-37-29-9-26-14(24)6-15(29)25/h1-2,4-6,9,17,20H,3,7-8H2,(H5,24,25,28,31,33,34)/p+1/b2-1+/t17-,20?/m1/s1. The first-order chi connectivity index (χ1) is 17.6. The van der Waals surface area contributed by atoms with Crippen LogP contribution in [0.4, 0.5) is 11.6 Å². The number of fused-ring (bicyclic) bond motifs is 1. The minimum Gasteiger partial charge on any atom is -0.477 e. The molecule has 0 aliphatic carbocycles. The van der Waals surface area contributed by atoms with Crippen LogP contribution in [-0.4, -0.2) is 66.4 Å². The molecule has 2 atom stereocenters. The van der Waals surface area contributed by atoms with Gasteiger partial charge in [-0.2, -0.15) is 3.97 Å². The van der Waals surface area contributed by atoms with Crippen LogP contribution in [0.5, 0.6) is 0 Å². The molecule has 0 saturated carbocycles. The molecule has 4 heterocycles. The van der Waals surface area contributed by atoms with Gasteiger partial charge in [-0.1, -0.05) is 40.3 Å². The monoisotopic (exact) mass is 600 g/mol. The second kappa shape index (κ2) is 11.8. The first kappa shape index (κ1) is 27.4. The Labute approximate surface area is 234 Å². The van der Waals surface area contributed by atoms with Gasteiger partial charge in [0.05, 0.1) is 11.8 Å². The number of carboxylic acid groups (broad SMARTS) is 1. The second-order valence-electron chi connectivity index (χ2n) is 7.63. The summed E-state index contributed by atoms with van der Waals surface area (Å²) in [5.41, 5.74) is 11.9. The van der Waals surface area contributed by atoms with Crippen LogP contribution in [0.25, 0.3) is 0 Å². The average Bonchev–Trinajstić information content (AvgIpc) is 2.83. The molecular formula is C21H20Cl2N7O4S3+. The molecule has 6 N–H and O–H groups in total. The average molecular weight is 602 g/mol. The van der Waals surface area contributed by atoms with Crippen molar-refractivity contribution in [1.82, 2.24) is 20.2 Å². The molecule has 194 valence electrons. The third-order valence-corrected chi connectivity index (χ3v) is 8.70. The number of β-lactam (4-membered cyclic amide) rings is 1. The summed E-state index contributed by atoms with van der Waals surface area (Å²) in [5.74, 6) is -0.445. The molecule has 2 aromatic rings. The molecule has 0 bridgehead atoms. The van der Waals surface area contributed by atoms with Crippen LogP contribution < -0.4 is 20.8 Å². The fourth-order valence-electron chi connectivity index (χ4n) is 3.52. The Balaban J connectivity index is 1.36. The van der Waals surface area contributed by atoms with Crippen molar-refractivity contribution in [1.29, 1.82) is 0 Å². The quantitative estimate of drug-likeness (QED) is 0.143. The number of carbonyl (C=O) groups is 3. The number of hydrogen-bond donors (Lipinski definition) is 4. The van der Waals surface area contributed by atoms with Crippen LogP contribution >= 0.6 is 58.7 Å². The summed E-state index contributed by atoms with van der Waals surface area (Å²) in [5, 5.41) is 12.4. The fourth-order valence-corrected chi connectivity index (χ4v) is 6.86. The van der Waals surface area contributed by atoms with E-state index >= 15 is 0 Å². The number of nitrogen functional groups attached to an aromatic ring is 2. The Hall–Kier alpha value is -2.65. The topological polar surface area (TPSA) is 168 Å². The molecule has 16 heteroatoms. The molecular weight excluding hydrogens is 581 g/mol. The van der Waals surface area contributed by atoms with E-state index in [1.807, 2.05) is 0 Å². The number of allylic oxidation sites excluding steroid dienone is 1. The maximum absolute atomic E-state index is 12.8. The van der Waals surface area contributed by atoms with E-state index in [0.29, 0.717) is 33.6 Å². The lowest BCUT2D eigenvalue weighted by molar-refractivity contribution is -0.481. The van der Waals surface area contributed by atoms with E-state index in [9.17, 15) is 19.5 Å². The molecule has 0 spiro atoms. The summed E-state index contributed by atoms with van der Waals surface area (Å²) in [6, 6.07) is 3.88. The van der Waals surface area contributed by atoms with E-state index in [1.165, 1.54) is 52.8 Å². The minimum absolute atomic E-state index is 0.0250. The van der Waals surface area contributed by atoms with Gasteiger partial charge >= 0.3 is 5.97 Å². The van der Waals surface area contributed by atoms with Gasteiger partial charge in [0.25, 0.3) is 5.91 Å². The number of anilines is 2. The summed E-state index contributed by atoms with van der Waals surface area (Å²) < 4.78 is 1.64. The number of carbonyl (C=O) groups excluding carboxylic acids is 2. The van der Waals surface area contributed by atoms with Crippen LogP contribution in [-0.2, 0) is 14.4 Å². The molecule has 1 unspecified atom stereocenters. The number of nitrogens with one attached hydrogen (secondary N) is 1. The number of amides is 2. The highest BCUT2D eigenvalue weighted by atomic mass is 35.5. The lowest BCUT2D eigenvalue weighted by Gasteiger charge is -2.49. The summed E-state index contributed by atoms with van der Waals surface area (Å²) in [6.07, 6.45) is 4.96. The summed E-state index contributed by atoms with van der Waals surface area (Å²) in [7, 11) is 0. The van der Waals surface area contributed by atoms with Crippen LogP contribution in [0.3, 0.4) is 0 Å². The number of aromatic nitrogens is 3. The third kappa shape index (κ3) is 6.44. The zero-order valence-corrected chi connectivity index (χ0v) is 22.8. The number of nitrogens with two attached hydrogens (primary N) is 2. The van der Waals surface area contributed by atoms with E-state index in [1.54, 1.807) is 28.3 Å². The highest BCUT2D eigenvalue weighted by Crippen LogP contribution is 2.40. The fraction of sp³-hybridized carbons (Fsp3) is 0.238. The Bertz CT molecular complexity index is 1310. The normalized spacial score (nSPS) is 19.1. The maximum Gasteiger partial charge on any atom is 0.352 e. The molecule has 0 radical (unpaired) electrons. The van der Waals surface area contributed by atoms with Crippen LogP contribution in [0.15, 0.2) is 52.8 Å². The Kier molecular flexibility index (Phi) is 8.75. The summed E-state index contributed by atoms with van der Waals surface area (Å²) >= 11 is 15.7. The molecule has 2 amide bonds. The second-order valence-corrected chi connectivity index (χ2v) is 11.5. The predicted octanol–water partition coefficient (Wildman–Crippen LogP) is 1.82. The molecule has 4 rings (SSSR count). The lowest BCUT2D eigenvalue weighted by atomic mass is 10.0. The number of hydrogen-bond acceptors (Lipinski definition) is 10. The van der Waals surface area contributed by atoms with Crippen molar-refractivity contribution in [3.63, 3.8) is 0 Å². The highest BCUT2D eigenvalue weighted by Gasteiger charge is 2.53. The number of aliphatic carboxylic acids is 1. The van der Waals surface area contributed by atoms with Gasteiger partial charge in [-0.15, -0.1) is 23.5 Å². The largest absolute Gasteiger partial charge is 0.477 e. The van der Waals surface area contributed by atoms with E-state index in [4.69, 9.17) is 34.7 Å². The molecule has 11 nitrogen and oxygen atoms in total. The molecule has 2 aliphatic heterocycles. The molecule has 0 aromatic carbocycles. The molecule has 2 aliphatic rings. The number of pyridine rings is 1. The third-order valence-electron chi connectivity index (χ3n) is 5.11. The molecule has 37 heavy (non-hydrogen) atoms. The van der Waals surface area contributed by atoms with Crippen molar-refractivity contribution >= 4 is 88.1 Å². The zero-order chi connectivity index (χ0) is 26.7. The van der Waals surface area contributed by atoms with Gasteiger partial charge in [-0.3, -0.25) is 14.5 Å². The lowest BCUT2D eigenvalue weighted by Crippen LogP contribution is -2.70. The SMILES string of the molecule is Nc1cc(N)[n+](SC/C=C/C2=C(C(=O)O)N3C(=O)[C@@H](NC(=O)CSc4cc(Cl)nc(Cl)c4)C3SC2)cn1. The van der Waals surface area contributed by atoms with Gasteiger partial charge in [0.2, 0.25) is 23.9 Å². The predicted molar refractivity (Wildman–Crippen MR) is 145 cm³/mol. The first-order valence-corrected chi connectivity index (χ1v) is 14.3. The molecule has 1 saturated heterocycles. The van der Waals surface area contributed by atoms with Gasteiger partial charge < -0.3 is 21.9 Å². The smallest absolute Gasteiger partial charge is 0.352 e. The minimum atomic E-state index is -1.21. The Morgan fingerprint density at radius 3 is 2.70 bits per heavy atom. The van der Waals surface area contributed by atoms with Crippen molar-refractivity contribution in [2.75, 3.05) is 28.7 Å². The van der Waals surface area contributed by atoms with E-state index in [2.05, 4.69) is 15.3 Å². The summed E-state index contributed by atoms with van der Waals surface area (Å²) in [4.78, 5) is 47.0. The van der Waals surface area contributed by atoms with Crippen LogP contribution in [0.2, 0.25) is 10.3 Å².